The predicted molar refractivity (Wildman–Crippen MR) is 51.6 cm³/mol. The summed E-state index contributed by atoms with van der Waals surface area (Å²) in [4.78, 5) is 10.8. The molecule has 4 heteroatoms. The van der Waals surface area contributed by atoms with Gasteiger partial charge in [-0.15, -0.1) is 0 Å². The minimum atomic E-state index is -0.661. The molecule has 0 aliphatic heterocycles. The lowest BCUT2D eigenvalue weighted by molar-refractivity contribution is -0.137. The molecule has 0 radical (unpaired) electrons. The first-order valence-electron chi connectivity index (χ1n) is 3.72. The molecule has 0 saturated carbocycles. The maximum atomic E-state index is 10.8. The fourth-order valence-electron chi connectivity index (χ4n) is 0.854. The van der Waals surface area contributed by atoms with Gasteiger partial charge in [0, 0.05) is 0 Å². The zero-order chi connectivity index (χ0) is 9.84. The Morgan fingerprint density at radius 3 is 2.92 bits per heavy atom. The monoisotopic (exact) mass is 244 g/mol. The van der Waals surface area contributed by atoms with E-state index in [1.807, 2.05) is 13.0 Å². The number of esters is 1. The van der Waals surface area contributed by atoms with Gasteiger partial charge in [-0.3, -0.25) is 0 Å². The Morgan fingerprint density at radius 2 is 2.31 bits per heavy atom. The number of hydrogen-bond acceptors (Lipinski definition) is 3. The van der Waals surface area contributed by atoms with Crippen LogP contribution in [-0.4, -0.2) is 17.7 Å². The molecule has 0 aromatic heterocycles. The van der Waals surface area contributed by atoms with Gasteiger partial charge in [0.15, 0.2) is 0 Å². The van der Waals surface area contributed by atoms with Gasteiger partial charge in [-0.2, -0.15) is 0 Å². The van der Waals surface area contributed by atoms with Crippen LogP contribution in [0, 0.1) is 6.92 Å². The number of benzene rings is 1. The van der Waals surface area contributed by atoms with E-state index in [0.29, 0.717) is 5.75 Å². The number of ether oxygens (including phenoxy) is 1. The maximum absolute atomic E-state index is 10.8. The van der Waals surface area contributed by atoms with Crippen molar-refractivity contribution < 1.29 is 14.6 Å². The van der Waals surface area contributed by atoms with Gasteiger partial charge in [-0.05, 0) is 34.5 Å². The summed E-state index contributed by atoms with van der Waals surface area (Å²) in [5.41, 5.74) is 0.975. The molecule has 13 heavy (non-hydrogen) atoms. The molecule has 0 aliphatic carbocycles. The third kappa shape index (κ3) is 2.54. The minimum Gasteiger partial charge on any atom is -0.424 e. The van der Waals surface area contributed by atoms with Gasteiger partial charge >= 0.3 is 5.97 Å². The van der Waals surface area contributed by atoms with Crippen molar-refractivity contribution in [3.63, 3.8) is 0 Å². The van der Waals surface area contributed by atoms with Crippen molar-refractivity contribution in [2.45, 2.75) is 6.92 Å². The van der Waals surface area contributed by atoms with Gasteiger partial charge in [-0.25, -0.2) is 4.79 Å². The number of halogens is 1. The van der Waals surface area contributed by atoms with Crippen LogP contribution in [0.2, 0.25) is 0 Å². The summed E-state index contributed by atoms with van der Waals surface area (Å²) in [5, 5.41) is 8.47. The van der Waals surface area contributed by atoms with E-state index in [2.05, 4.69) is 15.9 Å². The van der Waals surface area contributed by atoms with Crippen molar-refractivity contribution in [2.75, 3.05) is 6.61 Å². The van der Waals surface area contributed by atoms with Crippen LogP contribution in [0.5, 0.6) is 5.75 Å². The van der Waals surface area contributed by atoms with Gasteiger partial charge < -0.3 is 9.84 Å². The Morgan fingerprint density at radius 1 is 1.62 bits per heavy atom. The van der Waals surface area contributed by atoms with Crippen LogP contribution in [0.15, 0.2) is 22.7 Å². The number of rotatable bonds is 2. The van der Waals surface area contributed by atoms with Crippen LogP contribution in [0.4, 0.5) is 0 Å². The lowest BCUT2D eigenvalue weighted by Gasteiger charge is -2.06. The molecule has 1 N–H and O–H groups in total. The molecule has 0 aliphatic rings. The van der Waals surface area contributed by atoms with Crippen LogP contribution in [-0.2, 0) is 4.79 Å². The van der Waals surface area contributed by atoms with Crippen LogP contribution in [0.25, 0.3) is 0 Å². The van der Waals surface area contributed by atoms with Crippen molar-refractivity contribution in [1.82, 2.24) is 0 Å². The van der Waals surface area contributed by atoms with Gasteiger partial charge in [0.05, 0.1) is 4.47 Å². The van der Waals surface area contributed by atoms with Crippen LogP contribution >= 0.6 is 15.9 Å². The SMILES string of the molecule is Cc1cccc(OC(=O)CO)c1Br. The lowest BCUT2D eigenvalue weighted by Crippen LogP contribution is -2.12. The predicted octanol–water partition coefficient (Wildman–Crippen LogP) is 1.66. The van der Waals surface area contributed by atoms with Gasteiger partial charge in [0.2, 0.25) is 0 Å². The second kappa shape index (κ2) is 4.39. The Bertz CT molecular complexity index is 323. The van der Waals surface area contributed by atoms with E-state index < -0.39 is 12.6 Å². The summed E-state index contributed by atoms with van der Waals surface area (Å²) in [7, 11) is 0. The number of hydrogen-bond donors (Lipinski definition) is 1. The summed E-state index contributed by atoms with van der Waals surface area (Å²) < 4.78 is 5.57. The van der Waals surface area contributed by atoms with Crippen molar-refractivity contribution >= 4 is 21.9 Å². The third-order valence-corrected chi connectivity index (χ3v) is 2.53. The summed E-state index contributed by atoms with van der Waals surface area (Å²) >= 11 is 3.28. The highest BCUT2D eigenvalue weighted by Crippen LogP contribution is 2.27. The third-order valence-electron chi connectivity index (χ3n) is 1.51. The van der Waals surface area contributed by atoms with E-state index in [0.717, 1.165) is 10.0 Å². The molecule has 0 atom stereocenters. The first kappa shape index (κ1) is 10.2. The molecule has 1 aromatic rings. The number of aryl methyl sites for hydroxylation is 1. The van der Waals surface area contributed by atoms with Crippen LogP contribution in [0.1, 0.15) is 5.56 Å². The van der Waals surface area contributed by atoms with E-state index in [-0.39, 0.29) is 0 Å². The van der Waals surface area contributed by atoms with E-state index >= 15 is 0 Å². The maximum Gasteiger partial charge on any atom is 0.337 e. The molecule has 3 nitrogen and oxygen atoms in total. The average Bonchev–Trinajstić information content (AvgIpc) is 2.13. The summed E-state index contributed by atoms with van der Waals surface area (Å²) in [5.74, 6) is -0.231. The van der Waals surface area contributed by atoms with E-state index in [1.165, 1.54) is 0 Å². The molecule has 1 rings (SSSR count). The molecule has 0 heterocycles. The molecular weight excluding hydrogens is 236 g/mol. The van der Waals surface area contributed by atoms with Crippen molar-refractivity contribution in [3.05, 3.63) is 28.2 Å². The Hall–Kier alpha value is -0.870. The highest BCUT2D eigenvalue weighted by atomic mass is 79.9. The molecule has 0 unspecified atom stereocenters. The summed E-state index contributed by atoms with van der Waals surface area (Å²) in [6.45, 7) is 1.28. The van der Waals surface area contributed by atoms with E-state index in [9.17, 15) is 4.79 Å². The standard InChI is InChI=1S/C9H9BrO3/c1-6-3-2-4-7(9(6)10)13-8(12)5-11/h2-4,11H,5H2,1H3. The largest absolute Gasteiger partial charge is 0.424 e. The highest BCUT2D eigenvalue weighted by Gasteiger charge is 2.07. The minimum absolute atomic E-state index is 0.430. The van der Waals surface area contributed by atoms with Gasteiger partial charge in [0.1, 0.15) is 12.4 Å². The summed E-state index contributed by atoms with van der Waals surface area (Å²) in [6.07, 6.45) is 0. The summed E-state index contributed by atoms with van der Waals surface area (Å²) in [6, 6.07) is 5.32. The van der Waals surface area contributed by atoms with E-state index in [1.54, 1.807) is 12.1 Å². The number of aliphatic hydroxyl groups excluding tert-OH is 1. The van der Waals surface area contributed by atoms with Crippen molar-refractivity contribution in [2.24, 2.45) is 0 Å². The van der Waals surface area contributed by atoms with Crippen molar-refractivity contribution in [1.29, 1.82) is 0 Å². The molecule has 0 spiro atoms. The number of carbonyl (C=O) groups excluding carboxylic acids is 1. The first-order chi connectivity index (χ1) is 6.15. The Balaban J connectivity index is 2.89. The topological polar surface area (TPSA) is 46.5 Å². The smallest absolute Gasteiger partial charge is 0.337 e. The molecule has 0 saturated heterocycles. The average molecular weight is 245 g/mol. The fraction of sp³-hybridized carbons (Fsp3) is 0.222. The lowest BCUT2D eigenvalue weighted by atomic mass is 10.2. The zero-order valence-electron chi connectivity index (χ0n) is 7.08. The van der Waals surface area contributed by atoms with Crippen LogP contribution < -0.4 is 4.74 Å². The molecule has 1 aromatic carbocycles. The zero-order valence-corrected chi connectivity index (χ0v) is 8.67. The quantitative estimate of drug-likeness (QED) is 0.636. The number of aliphatic hydroxyl groups is 1. The van der Waals surface area contributed by atoms with Crippen molar-refractivity contribution in [3.8, 4) is 5.75 Å². The highest BCUT2D eigenvalue weighted by molar-refractivity contribution is 9.10. The van der Waals surface area contributed by atoms with Crippen LogP contribution in [0.3, 0.4) is 0 Å². The molecule has 70 valence electrons. The second-order valence-corrected chi connectivity index (χ2v) is 3.31. The normalized spacial score (nSPS) is 9.77. The Labute approximate surface area is 84.5 Å². The number of carbonyl (C=O) groups is 1. The molecule has 0 amide bonds. The fourth-order valence-corrected chi connectivity index (χ4v) is 1.20. The van der Waals surface area contributed by atoms with E-state index in [4.69, 9.17) is 9.84 Å². The van der Waals surface area contributed by atoms with Gasteiger partial charge in [0.25, 0.3) is 0 Å². The van der Waals surface area contributed by atoms with Gasteiger partial charge in [-0.1, -0.05) is 12.1 Å². The molecular formula is C9H9BrO3. The Kier molecular flexibility index (Phi) is 3.45. The first-order valence-corrected chi connectivity index (χ1v) is 4.51. The molecule has 0 fully saturated rings. The molecule has 0 bridgehead atoms. The second-order valence-electron chi connectivity index (χ2n) is 2.52.